The third kappa shape index (κ3) is 3.74. The Hall–Kier alpha value is -2.33. The highest BCUT2D eigenvalue weighted by atomic mass is 16.5. The highest BCUT2D eigenvalue weighted by Crippen LogP contribution is 2.42. The Labute approximate surface area is 179 Å². The van der Waals surface area contributed by atoms with Crippen molar-refractivity contribution in [2.24, 2.45) is 0 Å². The molecule has 5 rings (SSSR count). The maximum atomic E-state index is 13.3. The van der Waals surface area contributed by atoms with E-state index in [1.165, 1.54) is 47.9 Å². The number of hydrogen-bond acceptors (Lipinski definition) is 3. The zero-order valence-corrected chi connectivity index (χ0v) is 18.1. The van der Waals surface area contributed by atoms with Crippen molar-refractivity contribution in [1.82, 2.24) is 10.2 Å². The summed E-state index contributed by atoms with van der Waals surface area (Å²) in [6.45, 7) is 1.13. The van der Waals surface area contributed by atoms with E-state index < -0.39 is 0 Å². The van der Waals surface area contributed by atoms with Gasteiger partial charge in [0, 0.05) is 19.1 Å². The lowest BCUT2D eigenvalue weighted by Crippen LogP contribution is -2.40. The van der Waals surface area contributed by atoms with Crippen LogP contribution in [-0.2, 0) is 12.8 Å². The molecule has 1 saturated carbocycles. The number of benzene rings is 2. The Morgan fingerprint density at radius 3 is 2.60 bits per heavy atom. The average Bonchev–Trinajstić information content (AvgIpc) is 3.50. The molecule has 2 unspecified atom stereocenters. The fourth-order valence-corrected chi connectivity index (χ4v) is 5.18. The topological polar surface area (TPSA) is 41.6 Å². The summed E-state index contributed by atoms with van der Waals surface area (Å²) in [4.78, 5) is 15.2. The van der Waals surface area contributed by atoms with Gasteiger partial charge in [0.2, 0.25) is 0 Å². The zero-order valence-electron chi connectivity index (χ0n) is 18.1. The molecular weight excluding hydrogens is 372 g/mol. The molecule has 2 fully saturated rings. The highest BCUT2D eigenvalue weighted by Gasteiger charge is 2.29. The second-order valence-electron chi connectivity index (χ2n) is 9.22. The van der Waals surface area contributed by atoms with Gasteiger partial charge >= 0.3 is 0 Å². The number of ether oxygens (including phenoxy) is 1. The van der Waals surface area contributed by atoms with E-state index in [2.05, 4.69) is 35.6 Å². The summed E-state index contributed by atoms with van der Waals surface area (Å²) >= 11 is 0. The van der Waals surface area contributed by atoms with Crippen molar-refractivity contribution in [3.63, 3.8) is 0 Å². The number of nitrogens with one attached hydrogen (secondary N) is 1. The van der Waals surface area contributed by atoms with E-state index in [1.807, 2.05) is 18.0 Å². The molecule has 0 spiro atoms. The molecule has 0 bridgehead atoms. The normalized spacial score (nSPS) is 23.1. The lowest BCUT2D eigenvalue weighted by Gasteiger charge is -2.33. The Balaban J connectivity index is 1.31. The van der Waals surface area contributed by atoms with E-state index in [9.17, 15) is 4.79 Å². The molecule has 3 aliphatic rings. The van der Waals surface area contributed by atoms with Crippen molar-refractivity contribution in [1.29, 1.82) is 0 Å². The molecule has 30 heavy (non-hydrogen) atoms. The number of carbonyl (C=O) groups excluding carboxylic acids is 1. The van der Waals surface area contributed by atoms with Crippen LogP contribution < -0.4 is 10.1 Å². The SMILES string of the molecule is COc1cc(C2CC2)ccc1C(=O)N(C)C1CCc2cc(C3CCCN3)ccc2C1. The molecule has 0 aromatic heterocycles. The predicted octanol–water partition coefficient (Wildman–Crippen LogP) is 4.63. The third-order valence-electron chi connectivity index (χ3n) is 7.27. The first-order valence-electron chi connectivity index (χ1n) is 11.4. The second kappa shape index (κ2) is 8.07. The van der Waals surface area contributed by atoms with Gasteiger partial charge in [-0.25, -0.2) is 0 Å². The first-order chi connectivity index (χ1) is 14.6. The van der Waals surface area contributed by atoms with Gasteiger partial charge in [-0.05, 0) is 91.8 Å². The van der Waals surface area contributed by atoms with Gasteiger partial charge < -0.3 is 15.0 Å². The second-order valence-corrected chi connectivity index (χ2v) is 9.22. The molecule has 1 aliphatic heterocycles. The first kappa shape index (κ1) is 19.6. The van der Waals surface area contributed by atoms with Gasteiger partial charge in [-0.2, -0.15) is 0 Å². The summed E-state index contributed by atoms with van der Waals surface area (Å²) in [5, 5.41) is 3.60. The fourth-order valence-electron chi connectivity index (χ4n) is 5.18. The van der Waals surface area contributed by atoms with Crippen LogP contribution in [-0.4, -0.2) is 37.6 Å². The van der Waals surface area contributed by atoms with Crippen molar-refractivity contribution < 1.29 is 9.53 Å². The average molecular weight is 405 g/mol. The van der Waals surface area contributed by atoms with Gasteiger partial charge in [0.05, 0.1) is 12.7 Å². The lowest BCUT2D eigenvalue weighted by atomic mass is 9.85. The maximum absolute atomic E-state index is 13.3. The van der Waals surface area contributed by atoms with Crippen LogP contribution in [0.15, 0.2) is 36.4 Å². The van der Waals surface area contributed by atoms with Gasteiger partial charge in [-0.3, -0.25) is 4.79 Å². The van der Waals surface area contributed by atoms with Crippen LogP contribution in [0.2, 0.25) is 0 Å². The highest BCUT2D eigenvalue weighted by molar-refractivity contribution is 5.97. The molecule has 2 aliphatic carbocycles. The molecule has 158 valence electrons. The van der Waals surface area contributed by atoms with E-state index in [-0.39, 0.29) is 11.9 Å². The summed E-state index contributed by atoms with van der Waals surface area (Å²) in [6.07, 6.45) is 7.97. The van der Waals surface area contributed by atoms with Crippen LogP contribution >= 0.6 is 0 Å². The van der Waals surface area contributed by atoms with Crippen molar-refractivity contribution in [3.05, 3.63) is 64.2 Å². The molecular formula is C26H32N2O2. The molecule has 2 aromatic carbocycles. The minimum Gasteiger partial charge on any atom is -0.496 e. The molecule has 4 nitrogen and oxygen atoms in total. The van der Waals surface area contributed by atoms with Gasteiger partial charge in [0.15, 0.2) is 0 Å². The van der Waals surface area contributed by atoms with Crippen LogP contribution in [0, 0.1) is 0 Å². The van der Waals surface area contributed by atoms with Crippen molar-refractivity contribution >= 4 is 5.91 Å². The van der Waals surface area contributed by atoms with Crippen LogP contribution in [0.1, 0.15) is 76.7 Å². The van der Waals surface area contributed by atoms with Gasteiger partial charge in [-0.1, -0.05) is 24.3 Å². The summed E-state index contributed by atoms with van der Waals surface area (Å²) in [5.74, 6) is 1.43. The molecule has 0 radical (unpaired) electrons. The van der Waals surface area contributed by atoms with E-state index in [0.29, 0.717) is 23.3 Å². The largest absolute Gasteiger partial charge is 0.496 e. The first-order valence-corrected chi connectivity index (χ1v) is 11.4. The number of nitrogens with zero attached hydrogens (tertiary/aromatic N) is 1. The molecule has 1 amide bonds. The summed E-state index contributed by atoms with van der Waals surface area (Å²) in [7, 11) is 3.61. The molecule has 1 heterocycles. The number of methoxy groups -OCH3 is 1. The summed E-state index contributed by atoms with van der Waals surface area (Å²) in [5.41, 5.74) is 6.26. The predicted molar refractivity (Wildman–Crippen MR) is 119 cm³/mol. The summed E-state index contributed by atoms with van der Waals surface area (Å²) in [6, 6.07) is 13.9. The van der Waals surface area contributed by atoms with Crippen LogP contribution in [0.25, 0.3) is 0 Å². The van der Waals surface area contributed by atoms with Crippen molar-refractivity contribution in [2.75, 3.05) is 20.7 Å². The molecule has 1 saturated heterocycles. The number of carbonyl (C=O) groups is 1. The van der Waals surface area contributed by atoms with Crippen LogP contribution in [0.3, 0.4) is 0 Å². The minimum atomic E-state index is 0.0643. The lowest BCUT2D eigenvalue weighted by molar-refractivity contribution is 0.0715. The maximum Gasteiger partial charge on any atom is 0.257 e. The number of hydrogen-bond donors (Lipinski definition) is 1. The van der Waals surface area contributed by atoms with E-state index in [4.69, 9.17) is 4.74 Å². The number of likely N-dealkylation sites (N-methyl/N-ethyl adjacent to an activating group) is 1. The molecule has 2 aromatic rings. The monoisotopic (exact) mass is 404 g/mol. The zero-order chi connectivity index (χ0) is 20.7. The Morgan fingerprint density at radius 1 is 1.03 bits per heavy atom. The fraction of sp³-hybridized carbons (Fsp3) is 0.500. The van der Waals surface area contributed by atoms with Crippen molar-refractivity contribution in [3.8, 4) is 5.75 Å². The number of aryl methyl sites for hydroxylation is 1. The van der Waals surface area contributed by atoms with Gasteiger partial charge in [-0.15, -0.1) is 0 Å². The van der Waals surface area contributed by atoms with Crippen molar-refractivity contribution in [2.45, 2.75) is 62.9 Å². The van der Waals surface area contributed by atoms with E-state index >= 15 is 0 Å². The summed E-state index contributed by atoms with van der Waals surface area (Å²) < 4.78 is 5.59. The van der Waals surface area contributed by atoms with Gasteiger partial charge in [0.25, 0.3) is 5.91 Å². The standard InChI is InChI=1S/C26H32N2O2/c1-28(26(29)23-12-10-20(17-5-6-17)16-25(23)30-2)22-11-9-18-14-21(8-7-19(18)15-22)24-4-3-13-27-24/h7-8,10,12,14,16-17,22,24,27H,3-6,9,11,13,15H2,1-2H3. The third-order valence-corrected chi connectivity index (χ3v) is 7.27. The van der Waals surface area contributed by atoms with E-state index in [0.717, 1.165) is 25.8 Å². The quantitative estimate of drug-likeness (QED) is 0.790. The molecule has 1 N–H and O–H groups in total. The molecule has 2 atom stereocenters. The Morgan fingerprint density at radius 2 is 1.87 bits per heavy atom. The molecule has 4 heteroatoms. The minimum absolute atomic E-state index is 0.0643. The number of fused-ring (bicyclic) bond motifs is 1. The van der Waals surface area contributed by atoms with Gasteiger partial charge in [0.1, 0.15) is 5.75 Å². The van der Waals surface area contributed by atoms with Crippen LogP contribution in [0.4, 0.5) is 0 Å². The smallest absolute Gasteiger partial charge is 0.257 e. The van der Waals surface area contributed by atoms with Crippen LogP contribution in [0.5, 0.6) is 5.75 Å². The Kier molecular flexibility index (Phi) is 5.28. The Bertz CT molecular complexity index is 944. The van der Waals surface area contributed by atoms with E-state index in [1.54, 1.807) is 7.11 Å². The number of rotatable bonds is 5. The number of amides is 1.